The highest BCUT2D eigenvalue weighted by Crippen LogP contribution is 2.32. The lowest BCUT2D eigenvalue weighted by atomic mass is 10.1. The molecule has 190 valence electrons. The lowest BCUT2D eigenvalue weighted by molar-refractivity contribution is 0.0742. The number of hydrogen-bond donors (Lipinski definition) is 1. The summed E-state index contributed by atoms with van der Waals surface area (Å²) < 4.78 is 26.1. The first kappa shape index (κ1) is 25.7. The summed E-state index contributed by atoms with van der Waals surface area (Å²) in [6, 6.07) is 1.48. The maximum atomic E-state index is 13.0. The molecule has 5 heterocycles. The number of fused-ring (bicyclic) bond motifs is 1. The van der Waals surface area contributed by atoms with E-state index in [0.29, 0.717) is 29.0 Å². The van der Waals surface area contributed by atoms with E-state index >= 15 is 0 Å². The summed E-state index contributed by atoms with van der Waals surface area (Å²) in [5, 5.41) is 12.9. The quantitative estimate of drug-likeness (QED) is 0.603. The number of guanidine groups is 1. The monoisotopic (exact) mass is 514 g/mol. The molecule has 36 heavy (non-hydrogen) atoms. The Balaban J connectivity index is 0.000000187. The average Bonchev–Trinajstić information content (AvgIpc) is 3.58. The molecule has 0 aliphatic carbocycles. The second-order valence-electron chi connectivity index (χ2n) is 9.61. The van der Waals surface area contributed by atoms with Crippen LogP contribution in [-0.2, 0) is 0 Å². The molecule has 12 heteroatoms. The standard InChI is InChI=1S/C15H15F2N3OS.C9H13N5/c1-9-3-2-6-20(9)15(21)12-8-22-14(19-12)11-7-18-5-4-10(11)13(16)17;1-9(2,3)13-8-10-4-6-5-11-14-7(6)12-8/h4-5,7-9,13H,2-3,6H2,1H3;5H,4H2,1-3H3,(H,10,13). The molecule has 5 rings (SSSR count). The topological polar surface area (TPSA) is 108 Å². The third-order valence-electron chi connectivity index (χ3n) is 5.61. The van der Waals surface area contributed by atoms with Crippen molar-refractivity contribution < 1.29 is 13.6 Å². The van der Waals surface area contributed by atoms with Gasteiger partial charge in [-0.1, -0.05) is 0 Å². The van der Waals surface area contributed by atoms with Gasteiger partial charge in [-0.2, -0.15) is 10.1 Å². The summed E-state index contributed by atoms with van der Waals surface area (Å²) in [5.74, 6) is 1.20. The number of pyridine rings is 1. The second-order valence-corrected chi connectivity index (χ2v) is 10.5. The number of azo groups is 1. The molecule has 2 aromatic rings. The zero-order valence-electron chi connectivity index (χ0n) is 20.6. The number of alkyl halides is 2. The first-order valence-electron chi connectivity index (χ1n) is 11.6. The van der Waals surface area contributed by atoms with Crippen LogP contribution in [0.2, 0.25) is 0 Å². The van der Waals surface area contributed by atoms with Crippen molar-refractivity contribution in [1.29, 1.82) is 0 Å². The highest BCUT2D eigenvalue weighted by atomic mass is 32.1. The molecule has 1 unspecified atom stereocenters. The maximum absolute atomic E-state index is 13.0. The molecule has 1 N–H and O–H groups in total. The van der Waals surface area contributed by atoms with Crippen molar-refractivity contribution in [3.63, 3.8) is 0 Å². The Bertz CT molecular complexity index is 1240. The van der Waals surface area contributed by atoms with E-state index in [1.54, 1.807) is 16.5 Å². The number of amides is 1. The zero-order chi connectivity index (χ0) is 25.9. The minimum absolute atomic E-state index is 0.0279. The number of amidine groups is 1. The number of carbonyl (C=O) groups is 1. The number of likely N-dealkylation sites (tertiary alicyclic amines) is 1. The first-order valence-corrected chi connectivity index (χ1v) is 12.5. The Morgan fingerprint density at radius 2 is 2.11 bits per heavy atom. The van der Waals surface area contributed by atoms with Gasteiger partial charge in [0.1, 0.15) is 10.7 Å². The van der Waals surface area contributed by atoms with Crippen LogP contribution >= 0.6 is 11.3 Å². The third kappa shape index (κ3) is 6.04. The lowest BCUT2D eigenvalue weighted by Crippen LogP contribution is -2.41. The number of halogens is 2. The van der Waals surface area contributed by atoms with Crippen molar-refractivity contribution in [3.8, 4) is 10.6 Å². The number of hydrogen-bond acceptors (Lipinski definition) is 9. The van der Waals surface area contributed by atoms with E-state index in [0.717, 1.165) is 25.0 Å². The Kier molecular flexibility index (Phi) is 7.62. The summed E-state index contributed by atoms with van der Waals surface area (Å²) in [5.41, 5.74) is 1.45. The summed E-state index contributed by atoms with van der Waals surface area (Å²) >= 11 is 1.19. The van der Waals surface area contributed by atoms with Gasteiger partial charge >= 0.3 is 0 Å². The van der Waals surface area contributed by atoms with Crippen LogP contribution < -0.4 is 5.32 Å². The molecule has 1 atom stereocenters. The summed E-state index contributed by atoms with van der Waals surface area (Å²) in [6.45, 7) is 9.55. The van der Waals surface area contributed by atoms with Crippen molar-refractivity contribution in [2.75, 3.05) is 13.1 Å². The maximum Gasteiger partial charge on any atom is 0.273 e. The predicted molar refractivity (Wildman–Crippen MR) is 136 cm³/mol. The number of rotatable bonds is 3. The molecule has 0 spiro atoms. The Hall–Kier alpha value is -3.41. The summed E-state index contributed by atoms with van der Waals surface area (Å²) in [7, 11) is 0. The van der Waals surface area contributed by atoms with E-state index in [9.17, 15) is 13.6 Å². The summed E-state index contributed by atoms with van der Waals surface area (Å²) in [4.78, 5) is 30.9. The molecular weight excluding hydrogens is 486 g/mol. The van der Waals surface area contributed by atoms with Crippen LogP contribution in [0.4, 0.5) is 8.78 Å². The molecule has 1 saturated heterocycles. The van der Waals surface area contributed by atoms with Crippen molar-refractivity contribution in [2.45, 2.75) is 58.5 Å². The molecule has 0 radical (unpaired) electrons. The van der Waals surface area contributed by atoms with Gasteiger partial charge in [0.15, 0.2) is 5.84 Å². The highest BCUT2D eigenvalue weighted by molar-refractivity contribution is 7.13. The van der Waals surface area contributed by atoms with E-state index in [-0.39, 0.29) is 28.6 Å². The number of nitrogens with one attached hydrogen (secondary N) is 1. The van der Waals surface area contributed by atoms with Gasteiger partial charge in [0.05, 0.1) is 12.7 Å². The fourth-order valence-corrected chi connectivity index (χ4v) is 4.66. The Labute approximate surface area is 212 Å². The Morgan fingerprint density at radius 3 is 2.81 bits per heavy atom. The predicted octanol–water partition coefficient (Wildman–Crippen LogP) is 5.26. The molecule has 0 aromatic carbocycles. The molecule has 3 aliphatic heterocycles. The van der Waals surface area contributed by atoms with Crippen LogP contribution in [0.3, 0.4) is 0 Å². The van der Waals surface area contributed by atoms with Gasteiger partial charge in [-0.05, 0) is 46.6 Å². The van der Waals surface area contributed by atoms with Crippen molar-refractivity contribution in [2.24, 2.45) is 20.2 Å². The third-order valence-corrected chi connectivity index (χ3v) is 6.48. The van der Waals surface area contributed by atoms with Crippen LogP contribution in [0, 0.1) is 0 Å². The number of nitrogens with zero attached hydrogens (tertiary/aromatic N) is 7. The van der Waals surface area contributed by atoms with Gasteiger partial charge < -0.3 is 10.2 Å². The van der Waals surface area contributed by atoms with Crippen LogP contribution in [0.5, 0.6) is 0 Å². The van der Waals surface area contributed by atoms with Crippen LogP contribution in [0.25, 0.3) is 10.6 Å². The molecular formula is C24H28F2N8OS. The number of aliphatic imine (C=N–C) groups is 2. The van der Waals surface area contributed by atoms with Gasteiger partial charge in [-0.25, -0.2) is 18.8 Å². The average molecular weight is 515 g/mol. The van der Waals surface area contributed by atoms with E-state index in [4.69, 9.17) is 0 Å². The fraction of sp³-hybridized carbons (Fsp3) is 0.458. The summed E-state index contributed by atoms with van der Waals surface area (Å²) in [6.07, 6.45) is 3.78. The minimum atomic E-state index is -2.60. The zero-order valence-corrected chi connectivity index (χ0v) is 21.4. The number of thiazole rings is 1. The van der Waals surface area contributed by atoms with Gasteiger partial charge in [0.25, 0.3) is 12.3 Å². The first-order chi connectivity index (χ1) is 17.1. The molecule has 1 fully saturated rings. The van der Waals surface area contributed by atoms with Crippen molar-refractivity contribution in [1.82, 2.24) is 20.2 Å². The normalized spacial score (nSPS) is 18.8. The largest absolute Gasteiger partial charge is 0.350 e. The molecule has 0 saturated carbocycles. The molecule has 2 aromatic heterocycles. The van der Waals surface area contributed by atoms with Gasteiger partial charge in [-0.15, -0.1) is 16.5 Å². The van der Waals surface area contributed by atoms with Gasteiger partial charge in [-0.3, -0.25) is 9.78 Å². The van der Waals surface area contributed by atoms with Crippen molar-refractivity contribution in [3.05, 3.63) is 46.9 Å². The van der Waals surface area contributed by atoms with E-state index in [2.05, 4.69) is 56.3 Å². The van der Waals surface area contributed by atoms with Crippen LogP contribution in [0.15, 0.2) is 55.8 Å². The number of carbonyl (C=O) groups excluding carboxylic acids is 1. The molecule has 1 amide bonds. The number of aromatic nitrogens is 2. The van der Waals surface area contributed by atoms with Gasteiger partial charge in [0.2, 0.25) is 5.96 Å². The Morgan fingerprint density at radius 1 is 1.31 bits per heavy atom. The smallest absolute Gasteiger partial charge is 0.273 e. The van der Waals surface area contributed by atoms with E-state index in [1.807, 2.05) is 6.92 Å². The fourth-order valence-electron chi connectivity index (χ4n) is 3.83. The second kappa shape index (κ2) is 10.7. The van der Waals surface area contributed by atoms with E-state index in [1.165, 1.54) is 29.8 Å². The molecule has 9 nitrogen and oxygen atoms in total. The SMILES string of the molecule is CC(C)(C)NC1=NCC2=CN=NC2=N1.CC1CCCN1C(=O)c1csc(-c2cnccc2C(F)F)n1. The highest BCUT2D eigenvalue weighted by Gasteiger charge is 2.28. The van der Waals surface area contributed by atoms with Crippen LogP contribution in [-0.4, -0.2) is 57.2 Å². The van der Waals surface area contributed by atoms with Gasteiger partial charge in [0, 0.05) is 52.6 Å². The van der Waals surface area contributed by atoms with Crippen molar-refractivity contribution >= 4 is 29.0 Å². The molecule has 0 bridgehead atoms. The lowest BCUT2D eigenvalue weighted by Gasteiger charge is -2.22. The van der Waals surface area contributed by atoms with E-state index < -0.39 is 6.43 Å². The molecule has 3 aliphatic rings. The van der Waals surface area contributed by atoms with Crippen LogP contribution in [0.1, 0.15) is 63.0 Å². The minimum Gasteiger partial charge on any atom is -0.350 e.